The summed E-state index contributed by atoms with van der Waals surface area (Å²) >= 11 is 6.24. The Labute approximate surface area is 218 Å². The van der Waals surface area contributed by atoms with Crippen LogP contribution in [0.25, 0.3) is 0 Å². The van der Waals surface area contributed by atoms with Gasteiger partial charge in [0.15, 0.2) is 11.5 Å². The fourth-order valence-corrected chi connectivity index (χ4v) is 3.81. The standard InChI is InChI=1S/C27H23ClN2O7/c1-4-36-20-7-5-6-8-21(20)37-27(33)16-9-11-17(12-10-16)29-24-23(28)25(31)30(26(24)32)19-14-13-18(34-2)15-22(19)35-3/h5-15,29H,4H2,1-3H3. The van der Waals surface area contributed by atoms with E-state index in [1.165, 1.54) is 32.4 Å². The normalized spacial score (nSPS) is 13.0. The first-order valence-electron chi connectivity index (χ1n) is 11.2. The van der Waals surface area contributed by atoms with Gasteiger partial charge in [0.1, 0.15) is 22.2 Å². The van der Waals surface area contributed by atoms with Crippen LogP contribution < -0.4 is 29.2 Å². The number of nitrogens with zero attached hydrogens (tertiary/aromatic N) is 1. The van der Waals surface area contributed by atoms with Crippen molar-refractivity contribution in [2.75, 3.05) is 31.0 Å². The summed E-state index contributed by atoms with van der Waals surface area (Å²) in [5.74, 6) is -0.419. The van der Waals surface area contributed by atoms with Gasteiger partial charge >= 0.3 is 5.97 Å². The number of carbonyl (C=O) groups excluding carboxylic acids is 3. The summed E-state index contributed by atoms with van der Waals surface area (Å²) in [6.07, 6.45) is 0. The molecule has 10 heteroatoms. The topological polar surface area (TPSA) is 103 Å². The SMILES string of the molecule is CCOc1ccccc1OC(=O)c1ccc(NC2=C(Cl)C(=O)N(c3ccc(OC)cc3OC)C2=O)cc1. The molecular formula is C27H23ClN2O7. The van der Waals surface area contributed by atoms with Crippen LogP contribution in [0.15, 0.2) is 77.5 Å². The Hall–Kier alpha value is -4.50. The molecule has 3 aromatic rings. The predicted molar refractivity (Wildman–Crippen MR) is 138 cm³/mol. The largest absolute Gasteiger partial charge is 0.497 e. The number of anilines is 2. The second-order valence-electron chi connectivity index (χ2n) is 7.64. The van der Waals surface area contributed by atoms with E-state index in [4.69, 9.17) is 30.5 Å². The molecule has 9 nitrogen and oxygen atoms in total. The van der Waals surface area contributed by atoms with Crippen molar-refractivity contribution in [2.45, 2.75) is 6.92 Å². The first-order chi connectivity index (χ1) is 17.9. The van der Waals surface area contributed by atoms with Gasteiger partial charge in [0, 0.05) is 11.8 Å². The first kappa shape index (κ1) is 25.6. The molecule has 0 bridgehead atoms. The quantitative estimate of drug-likeness (QED) is 0.244. The Morgan fingerprint density at radius 1 is 0.892 bits per heavy atom. The Morgan fingerprint density at radius 2 is 1.59 bits per heavy atom. The van der Waals surface area contributed by atoms with Crippen molar-refractivity contribution in [3.8, 4) is 23.0 Å². The lowest BCUT2D eigenvalue weighted by atomic mass is 10.2. The number of rotatable bonds is 9. The maximum absolute atomic E-state index is 13.1. The molecule has 2 amide bonds. The monoisotopic (exact) mass is 522 g/mol. The maximum Gasteiger partial charge on any atom is 0.343 e. The van der Waals surface area contributed by atoms with Crippen LogP contribution in [0.1, 0.15) is 17.3 Å². The molecule has 0 fully saturated rings. The van der Waals surface area contributed by atoms with E-state index >= 15 is 0 Å². The van der Waals surface area contributed by atoms with Gasteiger partial charge in [-0.3, -0.25) is 9.59 Å². The van der Waals surface area contributed by atoms with Gasteiger partial charge in [0.2, 0.25) is 0 Å². The predicted octanol–water partition coefficient (Wildman–Crippen LogP) is 4.76. The first-order valence-corrected chi connectivity index (χ1v) is 11.6. The van der Waals surface area contributed by atoms with Gasteiger partial charge in [0.25, 0.3) is 11.8 Å². The Kier molecular flexibility index (Phi) is 7.64. The van der Waals surface area contributed by atoms with E-state index in [0.717, 1.165) is 4.90 Å². The van der Waals surface area contributed by atoms with Crippen LogP contribution >= 0.6 is 11.6 Å². The van der Waals surface area contributed by atoms with E-state index in [0.29, 0.717) is 29.5 Å². The number of carbonyl (C=O) groups is 3. The summed E-state index contributed by atoms with van der Waals surface area (Å²) in [7, 11) is 2.91. The van der Waals surface area contributed by atoms with Crippen LogP contribution in [0.5, 0.6) is 23.0 Å². The molecule has 0 saturated carbocycles. The average molecular weight is 523 g/mol. The molecule has 0 atom stereocenters. The van der Waals surface area contributed by atoms with Crippen LogP contribution in [-0.4, -0.2) is 38.6 Å². The third-order valence-corrected chi connectivity index (χ3v) is 5.75. The number of imide groups is 1. The number of benzene rings is 3. The van der Waals surface area contributed by atoms with Gasteiger partial charge in [-0.15, -0.1) is 0 Å². The lowest BCUT2D eigenvalue weighted by molar-refractivity contribution is -0.120. The molecule has 1 heterocycles. The summed E-state index contributed by atoms with van der Waals surface area (Å²) in [5.41, 5.74) is 0.823. The minimum Gasteiger partial charge on any atom is -0.497 e. The van der Waals surface area contributed by atoms with E-state index < -0.39 is 17.8 Å². The fraction of sp³-hybridized carbons (Fsp3) is 0.148. The number of methoxy groups -OCH3 is 2. The zero-order valence-electron chi connectivity index (χ0n) is 20.2. The van der Waals surface area contributed by atoms with Crippen LogP contribution in [0, 0.1) is 0 Å². The summed E-state index contributed by atoms with van der Waals surface area (Å²) in [6.45, 7) is 2.26. The van der Waals surface area contributed by atoms with Crippen molar-refractivity contribution in [1.82, 2.24) is 0 Å². The van der Waals surface area contributed by atoms with Crippen LogP contribution in [0.2, 0.25) is 0 Å². The van der Waals surface area contributed by atoms with Gasteiger partial charge in [0.05, 0.1) is 32.1 Å². The maximum atomic E-state index is 13.1. The second kappa shape index (κ2) is 11.0. The van der Waals surface area contributed by atoms with Crippen molar-refractivity contribution < 1.29 is 33.3 Å². The van der Waals surface area contributed by atoms with Gasteiger partial charge in [-0.25, -0.2) is 9.69 Å². The number of nitrogens with one attached hydrogen (secondary N) is 1. The molecule has 0 saturated heterocycles. The number of para-hydroxylation sites is 2. The van der Waals surface area contributed by atoms with Crippen molar-refractivity contribution in [3.05, 3.63) is 83.0 Å². The molecule has 0 aliphatic carbocycles. The highest BCUT2D eigenvalue weighted by Gasteiger charge is 2.40. The van der Waals surface area contributed by atoms with Crippen LogP contribution in [-0.2, 0) is 9.59 Å². The Morgan fingerprint density at radius 3 is 2.24 bits per heavy atom. The molecule has 0 radical (unpaired) electrons. The molecule has 3 aromatic carbocycles. The minimum absolute atomic E-state index is 0.106. The number of amides is 2. The summed E-state index contributed by atoms with van der Waals surface area (Å²) in [4.78, 5) is 39.5. The number of halogens is 1. The van der Waals surface area contributed by atoms with E-state index in [1.54, 1.807) is 48.5 Å². The van der Waals surface area contributed by atoms with E-state index in [9.17, 15) is 14.4 Å². The minimum atomic E-state index is -0.703. The lowest BCUT2D eigenvalue weighted by Gasteiger charge is -2.18. The van der Waals surface area contributed by atoms with Crippen molar-refractivity contribution in [2.24, 2.45) is 0 Å². The van der Waals surface area contributed by atoms with Gasteiger partial charge in [-0.1, -0.05) is 23.7 Å². The Balaban J connectivity index is 1.50. The van der Waals surface area contributed by atoms with E-state index in [-0.39, 0.29) is 27.7 Å². The van der Waals surface area contributed by atoms with Gasteiger partial charge in [-0.05, 0) is 55.5 Å². The molecule has 37 heavy (non-hydrogen) atoms. The van der Waals surface area contributed by atoms with Crippen LogP contribution in [0.3, 0.4) is 0 Å². The van der Waals surface area contributed by atoms with Gasteiger partial charge in [-0.2, -0.15) is 0 Å². The molecule has 190 valence electrons. The highest BCUT2D eigenvalue weighted by Crippen LogP contribution is 2.37. The van der Waals surface area contributed by atoms with Gasteiger partial charge < -0.3 is 24.3 Å². The number of hydrogen-bond donors (Lipinski definition) is 1. The van der Waals surface area contributed by atoms with Crippen molar-refractivity contribution in [3.63, 3.8) is 0 Å². The van der Waals surface area contributed by atoms with E-state index in [1.807, 2.05) is 6.92 Å². The van der Waals surface area contributed by atoms with E-state index in [2.05, 4.69) is 5.32 Å². The molecule has 0 unspecified atom stereocenters. The number of ether oxygens (including phenoxy) is 4. The highest BCUT2D eigenvalue weighted by molar-refractivity contribution is 6.53. The zero-order valence-corrected chi connectivity index (χ0v) is 21.0. The number of esters is 1. The molecule has 4 rings (SSSR count). The molecule has 1 aliphatic heterocycles. The third-order valence-electron chi connectivity index (χ3n) is 5.40. The molecule has 0 aromatic heterocycles. The Bertz CT molecular complexity index is 1390. The third kappa shape index (κ3) is 5.22. The zero-order chi connectivity index (χ0) is 26.5. The fourth-order valence-electron chi connectivity index (χ4n) is 3.60. The average Bonchev–Trinajstić information content (AvgIpc) is 3.12. The van der Waals surface area contributed by atoms with Crippen LogP contribution in [0.4, 0.5) is 11.4 Å². The molecule has 1 aliphatic rings. The lowest BCUT2D eigenvalue weighted by Crippen LogP contribution is -2.32. The highest BCUT2D eigenvalue weighted by atomic mass is 35.5. The molecule has 1 N–H and O–H groups in total. The van der Waals surface area contributed by atoms with Crippen molar-refractivity contribution in [1.29, 1.82) is 0 Å². The second-order valence-corrected chi connectivity index (χ2v) is 8.02. The summed E-state index contributed by atoms with van der Waals surface area (Å²) in [5, 5.41) is 2.59. The van der Waals surface area contributed by atoms with Crippen molar-refractivity contribution >= 4 is 40.8 Å². The summed E-state index contributed by atoms with van der Waals surface area (Å²) < 4.78 is 21.4. The smallest absolute Gasteiger partial charge is 0.343 e. The molecule has 0 spiro atoms. The summed E-state index contributed by atoms with van der Waals surface area (Å²) in [6, 6.07) is 17.7. The number of hydrogen-bond acceptors (Lipinski definition) is 8. The molecular weight excluding hydrogens is 500 g/mol.